The molecule has 0 saturated heterocycles. The maximum absolute atomic E-state index is 11.3. The fraction of sp³-hybridized carbons (Fsp3) is 0.810. The second-order valence-corrected chi connectivity index (χ2v) is 9.66. The van der Waals surface area contributed by atoms with Crippen molar-refractivity contribution in [1.82, 2.24) is 0 Å². The summed E-state index contributed by atoms with van der Waals surface area (Å²) in [6.45, 7) is 6.56. The van der Waals surface area contributed by atoms with Crippen LogP contribution in [-0.4, -0.2) is 33.0 Å². The van der Waals surface area contributed by atoms with Crippen LogP contribution in [0, 0.1) is 34.5 Å². The van der Waals surface area contributed by atoms with Crippen molar-refractivity contribution in [2.75, 3.05) is 0 Å². The summed E-state index contributed by atoms with van der Waals surface area (Å²) in [6.07, 6.45) is 8.66. The maximum Gasteiger partial charge on any atom is 0.0795 e. The quantitative estimate of drug-likeness (QED) is 0.372. The Bertz CT molecular complexity index is 685. The highest BCUT2D eigenvalue weighted by atomic mass is 16.4. The molecule has 26 heavy (non-hydrogen) atoms. The largest absolute Gasteiger partial charge is 0.411 e. The van der Waals surface area contributed by atoms with E-state index in [1.54, 1.807) is 0 Å². The number of aliphatic hydroxyl groups excluding tert-OH is 1. The number of hydrogen-bond acceptors (Lipinski definition) is 5. The highest BCUT2D eigenvalue weighted by Gasteiger charge is 2.62. The number of oxime groups is 2. The van der Waals surface area contributed by atoms with Gasteiger partial charge in [-0.25, -0.2) is 0 Å². The van der Waals surface area contributed by atoms with Gasteiger partial charge in [-0.05, 0) is 86.5 Å². The van der Waals surface area contributed by atoms with Gasteiger partial charge in [0, 0.05) is 5.92 Å². The zero-order chi connectivity index (χ0) is 18.7. The highest BCUT2D eigenvalue weighted by Crippen LogP contribution is 2.66. The van der Waals surface area contributed by atoms with E-state index < -0.39 is 0 Å². The lowest BCUT2D eigenvalue weighted by Crippen LogP contribution is -2.57. The lowest BCUT2D eigenvalue weighted by molar-refractivity contribution is -0.121. The van der Waals surface area contributed by atoms with Gasteiger partial charge < -0.3 is 15.5 Å². The first kappa shape index (κ1) is 18.0. The Morgan fingerprint density at radius 2 is 1.92 bits per heavy atom. The van der Waals surface area contributed by atoms with E-state index >= 15 is 0 Å². The Morgan fingerprint density at radius 3 is 2.62 bits per heavy atom. The van der Waals surface area contributed by atoms with Crippen LogP contribution in [0.15, 0.2) is 22.0 Å². The number of aliphatic hydroxyl groups is 1. The lowest BCUT2D eigenvalue weighted by atomic mass is 9.46. The molecule has 3 fully saturated rings. The molecule has 7 atom stereocenters. The van der Waals surface area contributed by atoms with E-state index in [0.717, 1.165) is 49.9 Å². The lowest BCUT2D eigenvalue weighted by Gasteiger charge is -2.60. The summed E-state index contributed by atoms with van der Waals surface area (Å²) < 4.78 is 0. The molecule has 0 aromatic carbocycles. The van der Waals surface area contributed by atoms with Crippen LogP contribution in [0.5, 0.6) is 0 Å². The predicted octanol–water partition coefficient (Wildman–Crippen LogP) is 4.22. The number of nitrogens with zero attached hydrogens (tertiary/aromatic N) is 2. The van der Waals surface area contributed by atoms with Crippen LogP contribution in [0.3, 0.4) is 0 Å². The Kier molecular flexibility index (Phi) is 4.22. The van der Waals surface area contributed by atoms with Crippen molar-refractivity contribution in [3.8, 4) is 0 Å². The van der Waals surface area contributed by atoms with E-state index in [1.165, 1.54) is 12.0 Å². The summed E-state index contributed by atoms with van der Waals surface area (Å²) >= 11 is 0. The zero-order valence-electron chi connectivity index (χ0n) is 16.1. The Morgan fingerprint density at radius 1 is 1.15 bits per heavy atom. The van der Waals surface area contributed by atoms with Gasteiger partial charge in [0.15, 0.2) is 0 Å². The monoisotopic (exact) mass is 360 g/mol. The fourth-order valence-corrected chi connectivity index (χ4v) is 7.53. The molecule has 0 heterocycles. The van der Waals surface area contributed by atoms with E-state index in [0.29, 0.717) is 11.8 Å². The minimum Gasteiger partial charge on any atom is -0.411 e. The molecule has 5 heteroatoms. The molecule has 5 nitrogen and oxygen atoms in total. The van der Waals surface area contributed by atoms with Crippen molar-refractivity contribution in [3.05, 3.63) is 11.6 Å². The first-order chi connectivity index (χ1) is 12.3. The number of allylic oxidation sites excluding steroid dienone is 2. The van der Waals surface area contributed by atoms with Gasteiger partial charge in [-0.3, -0.25) is 0 Å². The average molecular weight is 360 g/mol. The highest BCUT2D eigenvalue weighted by molar-refractivity contribution is 5.96. The molecule has 0 spiro atoms. The van der Waals surface area contributed by atoms with Gasteiger partial charge >= 0.3 is 0 Å². The number of hydrogen-bond donors (Lipinski definition) is 3. The summed E-state index contributed by atoms with van der Waals surface area (Å²) in [5, 5.41) is 36.8. The van der Waals surface area contributed by atoms with Gasteiger partial charge in [-0.1, -0.05) is 29.7 Å². The summed E-state index contributed by atoms with van der Waals surface area (Å²) in [4.78, 5) is 0. The molecule has 3 saturated carbocycles. The molecule has 4 rings (SSSR count). The normalized spacial score (nSPS) is 50.0. The summed E-state index contributed by atoms with van der Waals surface area (Å²) in [5.41, 5.74) is 3.01. The smallest absolute Gasteiger partial charge is 0.0795 e. The Balaban J connectivity index is 1.70. The molecule has 4 aliphatic carbocycles. The van der Waals surface area contributed by atoms with Crippen LogP contribution in [0.25, 0.3) is 0 Å². The van der Waals surface area contributed by atoms with Crippen molar-refractivity contribution in [1.29, 1.82) is 0 Å². The average Bonchev–Trinajstić information content (AvgIpc) is 2.96. The molecular formula is C21H32N2O3. The van der Waals surface area contributed by atoms with E-state index in [9.17, 15) is 15.5 Å². The molecule has 7 unspecified atom stereocenters. The van der Waals surface area contributed by atoms with Crippen LogP contribution >= 0.6 is 0 Å². The summed E-state index contributed by atoms with van der Waals surface area (Å²) in [5.74, 6) is 1.67. The van der Waals surface area contributed by atoms with Gasteiger partial charge in [0.2, 0.25) is 0 Å². The molecule has 0 aromatic heterocycles. The van der Waals surface area contributed by atoms with Crippen LogP contribution in [0.4, 0.5) is 0 Å². The molecule has 4 aliphatic rings. The molecule has 144 valence electrons. The standard InChI is InChI=1S/C21H32N2O3/c1-12(22-25)16-6-7-17-15-5-4-13-10-14(23-26)8-9-20(13,2)19(15)18(24)11-21(16,17)3/h10,15-19,24-26H,4-9,11H2,1-3H3/b22-12-,23-14-. The topological polar surface area (TPSA) is 85.4 Å². The zero-order valence-corrected chi connectivity index (χ0v) is 16.1. The summed E-state index contributed by atoms with van der Waals surface area (Å²) in [6, 6.07) is 0. The van der Waals surface area contributed by atoms with Crippen LogP contribution in [-0.2, 0) is 0 Å². The van der Waals surface area contributed by atoms with E-state index in [4.69, 9.17) is 0 Å². The van der Waals surface area contributed by atoms with Crippen molar-refractivity contribution in [3.63, 3.8) is 0 Å². The van der Waals surface area contributed by atoms with Gasteiger partial charge in [-0.15, -0.1) is 0 Å². The van der Waals surface area contributed by atoms with Crippen molar-refractivity contribution >= 4 is 11.4 Å². The first-order valence-corrected chi connectivity index (χ1v) is 10.1. The van der Waals surface area contributed by atoms with Crippen molar-refractivity contribution in [2.45, 2.75) is 71.8 Å². The molecule has 0 aliphatic heterocycles. The summed E-state index contributed by atoms with van der Waals surface area (Å²) in [7, 11) is 0. The number of fused-ring (bicyclic) bond motifs is 5. The second-order valence-electron chi connectivity index (χ2n) is 9.66. The third-order valence-electron chi connectivity index (χ3n) is 8.70. The molecule has 0 amide bonds. The maximum atomic E-state index is 11.3. The number of rotatable bonds is 1. The van der Waals surface area contributed by atoms with Gasteiger partial charge in [0.25, 0.3) is 0 Å². The minimum atomic E-state index is -0.324. The second kappa shape index (κ2) is 6.08. The SMILES string of the molecule is C/C(=N/O)C1CCC2C3CCC4=C/C(=N\O)CCC4(C)C3C(O)CC12C. The molecule has 3 N–H and O–H groups in total. The fourth-order valence-electron chi connectivity index (χ4n) is 7.53. The van der Waals surface area contributed by atoms with Gasteiger partial charge in [0.1, 0.15) is 0 Å². The van der Waals surface area contributed by atoms with Crippen LogP contribution in [0.1, 0.15) is 65.7 Å². The Labute approximate surface area is 155 Å². The van der Waals surface area contributed by atoms with Crippen LogP contribution in [0.2, 0.25) is 0 Å². The van der Waals surface area contributed by atoms with E-state index in [1.807, 2.05) is 6.92 Å². The predicted molar refractivity (Wildman–Crippen MR) is 101 cm³/mol. The minimum absolute atomic E-state index is 0.00997. The first-order valence-electron chi connectivity index (χ1n) is 10.1. The third-order valence-corrected chi connectivity index (χ3v) is 8.70. The van der Waals surface area contributed by atoms with E-state index in [2.05, 4.69) is 30.2 Å². The van der Waals surface area contributed by atoms with Gasteiger partial charge in [0.05, 0.1) is 17.5 Å². The molecule has 0 radical (unpaired) electrons. The van der Waals surface area contributed by atoms with Crippen LogP contribution < -0.4 is 0 Å². The van der Waals surface area contributed by atoms with Gasteiger partial charge in [-0.2, -0.15) is 0 Å². The molecular weight excluding hydrogens is 328 g/mol. The Hall–Kier alpha value is -1.36. The third kappa shape index (κ3) is 2.32. The van der Waals surface area contributed by atoms with E-state index in [-0.39, 0.29) is 28.8 Å². The molecule has 0 bridgehead atoms. The van der Waals surface area contributed by atoms with Crippen molar-refractivity contribution < 1.29 is 15.5 Å². The molecule has 0 aromatic rings. The van der Waals surface area contributed by atoms with Crippen molar-refractivity contribution in [2.24, 2.45) is 44.8 Å².